The molecule has 110 valence electrons. The summed E-state index contributed by atoms with van der Waals surface area (Å²) in [5.74, 6) is 1.49. The normalized spacial score (nSPS) is 21.2. The smallest absolute Gasteiger partial charge is 0.350 e. The highest BCUT2D eigenvalue weighted by atomic mass is 16.5. The second-order valence-corrected chi connectivity index (χ2v) is 5.67. The van der Waals surface area contributed by atoms with Gasteiger partial charge in [-0.1, -0.05) is 6.92 Å². The van der Waals surface area contributed by atoms with Crippen molar-refractivity contribution in [2.45, 2.75) is 39.0 Å². The van der Waals surface area contributed by atoms with Gasteiger partial charge in [0.15, 0.2) is 0 Å². The largest absolute Gasteiger partial charge is 0.381 e. The number of hydrogen-bond donors (Lipinski definition) is 0. The summed E-state index contributed by atoms with van der Waals surface area (Å²) in [6.45, 7) is 10.2. The number of nitrogens with zero attached hydrogens (tertiary/aromatic N) is 3. The van der Waals surface area contributed by atoms with E-state index in [2.05, 4.69) is 21.3 Å². The van der Waals surface area contributed by atoms with Gasteiger partial charge in [0.2, 0.25) is 0 Å². The van der Waals surface area contributed by atoms with Gasteiger partial charge in [0, 0.05) is 13.5 Å². The van der Waals surface area contributed by atoms with Crippen LogP contribution < -0.4 is 0 Å². The number of hydrogen-bond acceptors (Lipinski definition) is 1. The van der Waals surface area contributed by atoms with Gasteiger partial charge in [-0.05, 0) is 25.7 Å². The van der Waals surface area contributed by atoms with E-state index in [9.17, 15) is 0 Å². The van der Waals surface area contributed by atoms with Crippen molar-refractivity contribution in [2.75, 3.05) is 53.0 Å². The van der Waals surface area contributed by atoms with Gasteiger partial charge in [0.25, 0.3) is 0 Å². The average Bonchev–Trinajstić information content (AvgIpc) is 2.46. The van der Waals surface area contributed by atoms with Gasteiger partial charge in [-0.15, -0.1) is 0 Å². The van der Waals surface area contributed by atoms with Crippen LogP contribution in [0.25, 0.3) is 0 Å². The lowest BCUT2D eigenvalue weighted by atomic mass is 10.1. The minimum Gasteiger partial charge on any atom is -0.381 e. The molecule has 0 saturated carbocycles. The molecule has 2 rings (SSSR count). The molecule has 2 aliphatic rings. The third-order valence-electron chi connectivity index (χ3n) is 4.12. The van der Waals surface area contributed by atoms with Crippen LogP contribution in [0, 0.1) is 0 Å². The second-order valence-electron chi connectivity index (χ2n) is 5.67. The molecule has 0 atom stereocenters. The second kappa shape index (κ2) is 7.73. The summed E-state index contributed by atoms with van der Waals surface area (Å²) in [7, 11) is 1.80. The van der Waals surface area contributed by atoms with Crippen molar-refractivity contribution >= 4 is 5.96 Å². The molecule has 0 unspecified atom stereocenters. The van der Waals surface area contributed by atoms with Gasteiger partial charge in [-0.25, -0.2) is 0 Å². The van der Waals surface area contributed by atoms with Crippen LogP contribution in [-0.4, -0.2) is 73.3 Å². The third kappa shape index (κ3) is 3.85. The van der Waals surface area contributed by atoms with Crippen LogP contribution in [0.3, 0.4) is 0 Å². The van der Waals surface area contributed by atoms with Crippen molar-refractivity contribution < 1.29 is 9.31 Å². The van der Waals surface area contributed by atoms with E-state index in [0.29, 0.717) is 0 Å². The lowest BCUT2D eigenvalue weighted by Crippen LogP contribution is -2.56. The van der Waals surface area contributed by atoms with Crippen molar-refractivity contribution in [3.05, 3.63) is 0 Å². The lowest BCUT2D eigenvalue weighted by Gasteiger charge is -2.35. The zero-order valence-electron chi connectivity index (χ0n) is 12.7. The Morgan fingerprint density at radius 2 is 1.68 bits per heavy atom. The maximum absolute atomic E-state index is 5.28. The van der Waals surface area contributed by atoms with Crippen LogP contribution in [0.4, 0.5) is 0 Å². The monoisotopic (exact) mass is 268 g/mol. The summed E-state index contributed by atoms with van der Waals surface area (Å²) >= 11 is 0. The molecule has 0 aromatic carbocycles. The van der Waals surface area contributed by atoms with Crippen molar-refractivity contribution in [2.24, 2.45) is 0 Å². The highest BCUT2D eigenvalue weighted by Crippen LogP contribution is 2.13. The van der Waals surface area contributed by atoms with Gasteiger partial charge in [0.05, 0.1) is 45.9 Å². The van der Waals surface area contributed by atoms with E-state index in [1.165, 1.54) is 70.8 Å². The van der Waals surface area contributed by atoms with Gasteiger partial charge in [-0.3, -0.25) is 14.4 Å². The molecule has 0 aromatic heterocycles. The van der Waals surface area contributed by atoms with E-state index in [1.54, 1.807) is 7.11 Å². The Morgan fingerprint density at radius 3 is 2.32 bits per heavy atom. The fourth-order valence-corrected chi connectivity index (χ4v) is 3.24. The van der Waals surface area contributed by atoms with Gasteiger partial charge < -0.3 is 4.74 Å². The summed E-state index contributed by atoms with van der Waals surface area (Å²) in [6, 6.07) is 0. The van der Waals surface area contributed by atoms with Crippen LogP contribution in [0.15, 0.2) is 0 Å². The Bertz CT molecular complexity index is 294. The predicted molar refractivity (Wildman–Crippen MR) is 78.8 cm³/mol. The molecule has 4 heteroatoms. The molecule has 2 saturated heterocycles. The highest BCUT2D eigenvalue weighted by Gasteiger charge is 2.33. The number of piperidine rings is 1. The average molecular weight is 268 g/mol. The molecule has 0 N–H and O–H groups in total. The molecule has 2 aliphatic heterocycles. The van der Waals surface area contributed by atoms with Crippen molar-refractivity contribution in [3.8, 4) is 0 Å². The summed E-state index contributed by atoms with van der Waals surface area (Å²) in [4.78, 5) is 5.15. The molecule has 4 nitrogen and oxygen atoms in total. The standard InChI is InChI=1S/C15H30N3O/c1-3-8-16-11-7-12-18(13-14-19-2)15(16)17-9-5-4-6-10-17/h3-14H2,1-2H3/q+1. The van der Waals surface area contributed by atoms with Gasteiger partial charge in [0.1, 0.15) is 0 Å². The number of rotatable bonds is 5. The fourth-order valence-electron chi connectivity index (χ4n) is 3.24. The summed E-state index contributed by atoms with van der Waals surface area (Å²) in [6.07, 6.45) is 6.61. The molecule has 0 amide bonds. The number of ether oxygens (including phenoxy) is 1. The van der Waals surface area contributed by atoms with Crippen molar-refractivity contribution in [1.29, 1.82) is 0 Å². The molecule has 0 bridgehead atoms. The van der Waals surface area contributed by atoms with Crippen LogP contribution in [-0.2, 0) is 4.74 Å². The Labute approximate surface area is 118 Å². The SMILES string of the molecule is CCCN1CCCN(CCOC)C1=[N+]1CCCCC1. The van der Waals surface area contributed by atoms with Crippen LogP contribution >= 0.6 is 0 Å². The van der Waals surface area contributed by atoms with Crippen LogP contribution in [0.5, 0.6) is 0 Å². The Hall–Kier alpha value is -0.770. The van der Waals surface area contributed by atoms with E-state index < -0.39 is 0 Å². The highest BCUT2D eigenvalue weighted by molar-refractivity contribution is 5.76. The molecular weight excluding hydrogens is 238 g/mol. The summed E-state index contributed by atoms with van der Waals surface area (Å²) in [5, 5.41) is 0. The first kappa shape index (κ1) is 14.6. The Morgan fingerprint density at radius 1 is 1.00 bits per heavy atom. The van der Waals surface area contributed by atoms with E-state index >= 15 is 0 Å². The predicted octanol–water partition coefficient (Wildman–Crippen LogP) is 1.60. The molecule has 0 aromatic rings. The third-order valence-corrected chi connectivity index (χ3v) is 4.12. The molecule has 0 radical (unpaired) electrons. The van der Waals surface area contributed by atoms with Crippen molar-refractivity contribution in [3.63, 3.8) is 0 Å². The molecule has 2 heterocycles. The lowest BCUT2D eigenvalue weighted by molar-refractivity contribution is -0.547. The number of methoxy groups -OCH3 is 1. The zero-order chi connectivity index (χ0) is 13.5. The Kier molecular flexibility index (Phi) is 5.95. The number of guanidine groups is 1. The van der Waals surface area contributed by atoms with Crippen molar-refractivity contribution in [1.82, 2.24) is 9.80 Å². The van der Waals surface area contributed by atoms with E-state index in [1.807, 2.05) is 0 Å². The minimum absolute atomic E-state index is 0.831. The molecule has 19 heavy (non-hydrogen) atoms. The fraction of sp³-hybridized carbons (Fsp3) is 0.933. The van der Waals surface area contributed by atoms with E-state index in [-0.39, 0.29) is 0 Å². The summed E-state index contributed by atoms with van der Waals surface area (Å²) < 4.78 is 7.90. The van der Waals surface area contributed by atoms with E-state index in [0.717, 1.165) is 13.2 Å². The Balaban J connectivity index is 2.15. The zero-order valence-corrected chi connectivity index (χ0v) is 12.7. The molecule has 0 aliphatic carbocycles. The quantitative estimate of drug-likeness (QED) is 0.706. The minimum atomic E-state index is 0.831. The molecule has 0 spiro atoms. The van der Waals surface area contributed by atoms with Crippen LogP contribution in [0.2, 0.25) is 0 Å². The first-order chi connectivity index (χ1) is 9.36. The maximum atomic E-state index is 5.28. The van der Waals surface area contributed by atoms with E-state index in [4.69, 9.17) is 4.74 Å². The molecule has 2 fully saturated rings. The first-order valence-corrected chi connectivity index (χ1v) is 7.97. The topological polar surface area (TPSA) is 18.7 Å². The van der Waals surface area contributed by atoms with Crippen LogP contribution in [0.1, 0.15) is 39.0 Å². The summed E-state index contributed by atoms with van der Waals surface area (Å²) in [5.41, 5.74) is 0. The maximum Gasteiger partial charge on any atom is 0.350 e. The van der Waals surface area contributed by atoms with Gasteiger partial charge in [-0.2, -0.15) is 0 Å². The first-order valence-electron chi connectivity index (χ1n) is 7.97. The van der Waals surface area contributed by atoms with Gasteiger partial charge >= 0.3 is 5.96 Å². The molecular formula is C15H30N3O+.